The molecule has 1 N–H and O–H groups in total. The minimum absolute atomic E-state index is 0.182. The Labute approximate surface area is 109 Å². The highest BCUT2D eigenvalue weighted by molar-refractivity contribution is 5.73. The second-order valence-electron chi connectivity index (χ2n) is 5.25. The topological polar surface area (TPSA) is 32.3 Å². The Morgan fingerprint density at radius 2 is 2.11 bits per heavy atom. The van der Waals surface area contributed by atoms with Crippen LogP contribution in [0.5, 0.6) is 0 Å². The van der Waals surface area contributed by atoms with E-state index in [0.29, 0.717) is 6.04 Å². The summed E-state index contributed by atoms with van der Waals surface area (Å²) in [4.78, 5) is 13.3. The third-order valence-corrected chi connectivity index (χ3v) is 3.74. The van der Waals surface area contributed by atoms with Gasteiger partial charge in [-0.15, -0.1) is 0 Å². The summed E-state index contributed by atoms with van der Waals surface area (Å²) >= 11 is 0. The number of nitrogens with one attached hydrogen (secondary N) is 1. The van der Waals surface area contributed by atoms with Gasteiger partial charge >= 0.3 is 0 Å². The van der Waals surface area contributed by atoms with Gasteiger partial charge in [0.25, 0.3) is 0 Å². The van der Waals surface area contributed by atoms with E-state index in [1.54, 1.807) is 6.92 Å². The number of carbonyl (C=O) groups excluding carboxylic acids is 1. The quantitative estimate of drug-likeness (QED) is 0.870. The number of aryl methyl sites for hydroxylation is 2. The number of anilines is 1. The molecule has 1 heterocycles. The molecule has 3 heteroatoms. The van der Waals surface area contributed by atoms with Gasteiger partial charge in [-0.1, -0.05) is 6.07 Å². The first-order valence-corrected chi connectivity index (χ1v) is 6.65. The molecule has 1 amide bonds. The Morgan fingerprint density at radius 1 is 1.33 bits per heavy atom. The highest BCUT2D eigenvalue weighted by Gasteiger charge is 2.21. The fourth-order valence-electron chi connectivity index (χ4n) is 2.45. The Kier molecular flexibility index (Phi) is 3.90. The van der Waals surface area contributed by atoms with Crippen LogP contribution >= 0.6 is 0 Å². The Hall–Kier alpha value is -1.51. The molecule has 1 aliphatic rings. The molecule has 98 valence electrons. The van der Waals surface area contributed by atoms with Gasteiger partial charge in [-0.2, -0.15) is 0 Å². The van der Waals surface area contributed by atoms with Gasteiger partial charge in [0, 0.05) is 31.7 Å². The van der Waals surface area contributed by atoms with Crippen molar-refractivity contribution >= 4 is 11.6 Å². The number of amides is 1. The highest BCUT2D eigenvalue weighted by Crippen LogP contribution is 2.19. The van der Waals surface area contributed by atoms with E-state index in [-0.39, 0.29) is 5.91 Å². The minimum atomic E-state index is 0.182. The summed E-state index contributed by atoms with van der Waals surface area (Å²) in [5.41, 5.74) is 3.78. The molecule has 0 saturated carbocycles. The highest BCUT2D eigenvalue weighted by atomic mass is 16.2. The van der Waals surface area contributed by atoms with Crippen LogP contribution in [0, 0.1) is 13.8 Å². The van der Waals surface area contributed by atoms with Crippen molar-refractivity contribution in [3.8, 4) is 0 Å². The molecule has 1 aliphatic heterocycles. The Morgan fingerprint density at radius 3 is 2.78 bits per heavy atom. The fraction of sp³-hybridized carbons (Fsp3) is 0.533. The molecule has 18 heavy (non-hydrogen) atoms. The van der Waals surface area contributed by atoms with Crippen molar-refractivity contribution in [1.82, 2.24) is 4.90 Å². The molecule has 0 unspecified atom stereocenters. The standard InChI is InChI=1S/C15H22N2O/c1-11-6-7-14(9-12(11)2)16-15-5-4-8-17(10-15)13(3)18/h6-7,9,15-16H,4-5,8,10H2,1-3H3/t15-/m0/s1. The molecule has 2 rings (SSSR count). The number of hydrogen-bond donors (Lipinski definition) is 1. The van der Waals surface area contributed by atoms with Crippen LogP contribution in [0.4, 0.5) is 5.69 Å². The normalized spacial score (nSPS) is 19.7. The van der Waals surface area contributed by atoms with Crippen molar-refractivity contribution in [3.05, 3.63) is 29.3 Å². The first kappa shape index (κ1) is 12.9. The molecule has 1 atom stereocenters. The lowest BCUT2D eigenvalue weighted by molar-refractivity contribution is -0.129. The van der Waals surface area contributed by atoms with Crippen LogP contribution in [-0.2, 0) is 4.79 Å². The van der Waals surface area contributed by atoms with Crippen LogP contribution in [0.15, 0.2) is 18.2 Å². The second kappa shape index (κ2) is 5.42. The smallest absolute Gasteiger partial charge is 0.219 e. The monoisotopic (exact) mass is 246 g/mol. The van der Waals surface area contributed by atoms with Gasteiger partial charge in [0.05, 0.1) is 0 Å². The maximum Gasteiger partial charge on any atom is 0.219 e. The number of hydrogen-bond acceptors (Lipinski definition) is 2. The van der Waals surface area contributed by atoms with E-state index < -0.39 is 0 Å². The Balaban J connectivity index is 2.00. The van der Waals surface area contributed by atoms with Crippen LogP contribution in [0.2, 0.25) is 0 Å². The van der Waals surface area contributed by atoms with E-state index in [1.807, 2.05) is 4.90 Å². The average molecular weight is 246 g/mol. The van der Waals surface area contributed by atoms with Gasteiger partial charge in [0.2, 0.25) is 5.91 Å². The molecule has 0 aliphatic carbocycles. The van der Waals surface area contributed by atoms with Crippen LogP contribution in [-0.4, -0.2) is 29.9 Å². The maximum atomic E-state index is 11.4. The summed E-state index contributed by atoms with van der Waals surface area (Å²) in [5.74, 6) is 0.182. The predicted molar refractivity (Wildman–Crippen MR) is 74.8 cm³/mol. The van der Waals surface area contributed by atoms with Gasteiger partial charge in [-0.05, 0) is 49.9 Å². The molecule has 0 radical (unpaired) electrons. The number of nitrogens with zero attached hydrogens (tertiary/aromatic N) is 1. The summed E-state index contributed by atoms with van der Waals surface area (Å²) < 4.78 is 0. The minimum Gasteiger partial charge on any atom is -0.381 e. The summed E-state index contributed by atoms with van der Waals surface area (Å²) in [6.45, 7) is 7.63. The lowest BCUT2D eigenvalue weighted by Gasteiger charge is -2.33. The number of benzene rings is 1. The number of likely N-dealkylation sites (tertiary alicyclic amines) is 1. The zero-order chi connectivity index (χ0) is 13.1. The summed E-state index contributed by atoms with van der Waals surface area (Å²) in [6, 6.07) is 6.82. The van der Waals surface area contributed by atoms with Crippen molar-refractivity contribution in [2.45, 2.75) is 39.7 Å². The van der Waals surface area contributed by atoms with Crippen LogP contribution in [0.3, 0.4) is 0 Å². The van der Waals surface area contributed by atoms with E-state index in [4.69, 9.17) is 0 Å². The fourth-order valence-corrected chi connectivity index (χ4v) is 2.45. The van der Waals surface area contributed by atoms with Crippen LogP contribution in [0.25, 0.3) is 0 Å². The van der Waals surface area contributed by atoms with E-state index >= 15 is 0 Å². The van der Waals surface area contributed by atoms with Crippen LogP contribution in [0.1, 0.15) is 30.9 Å². The van der Waals surface area contributed by atoms with Gasteiger partial charge in [-0.3, -0.25) is 4.79 Å². The van der Waals surface area contributed by atoms with E-state index in [1.165, 1.54) is 11.1 Å². The number of carbonyl (C=O) groups is 1. The van der Waals surface area contributed by atoms with E-state index in [2.05, 4.69) is 37.4 Å². The first-order chi connectivity index (χ1) is 8.56. The summed E-state index contributed by atoms with van der Waals surface area (Å²) in [5, 5.41) is 3.54. The zero-order valence-electron chi connectivity index (χ0n) is 11.5. The van der Waals surface area contributed by atoms with Crippen molar-refractivity contribution in [1.29, 1.82) is 0 Å². The molecule has 1 fully saturated rings. The second-order valence-corrected chi connectivity index (χ2v) is 5.25. The number of piperidine rings is 1. The molecule has 0 bridgehead atoms. The van der Waals surface area contributed by atoms with Gasteiger partial charge in [-0.25, -0.2) is 0 Å². The average Bonchev–Trinajstić information content (AvgIpc) is 2.34. The van der Waals surface area contributed by atoms with Crippen molar-refractivity contribution in [2.24, 2.45) is 0 Å². The third-order valence-electron chi connectivity index (χ3n) is 3.74. The molecule has 1 aromatic carbocycles. The molecular formula is C15H22N2O. The number of rotatable bonds is 2. The molecule has 0 aromatic heterocycles. The largest absolute Gasteiger partial charge is 0.381 e. The lowest BCUT2D eigenvalue weighted by atomic mass is 10.0. The maximum absolute atomic E-state index is 11.4. The zero-order valence-corrected chi connectivity index (χ0v) is 11.5. The van der Waals surface area contributed by atoms with Crippen molar-refractivity contribution < 1.29 is 4.79 Å². The molecule has 3 nitrogen and oxygen atoms in total. The van der Waals surface area contributed by atoms with Crippen LogP contribution < -0.4 is 5.32 Å². The van der Waals surface area contributed by atoms with Crippen molar-refractivity contribution in [3.63, 3.8) is 0 Å². The molecule has 1 aromatic rings. The summed E-state index contributed by atoms with van der Waals surface area (Å²) in [6.07, 6.45) is 2.22. The van der Waals surface area contributed by atoms with E-state index in [9.17, 15) is 4.79 Å². The molecule has 0 spiro atoms. The third kappa shape index (κ3) is 3.03. The molecule has 1 saturated heterocycles. The van der Waals surface area contributed by atoms with Crippen molar-refractivity contribution in [2.75, 3.05) is 18.4 Å². The summed E-state index contributed by atoms with van der Waals surface area (Å²) in [7, 11) is 0. The Bertz CT molecular complexity index is 442. The first-order valence-electron chi connectivity index (χ1n) is 6.65. The molecular weight excluding hydrogens is 224 g/mol. The van der Waals surface area contributed by atoms with Gasteiger partial charge in [0.1, 0.15) is 0 Å². The van der Waals surface area contributed by atoms with Gasteiger partial charge in [0.15, 0.2) is 0 Å². The van der Waals surface area contributed by atoms with Gasteiger partial charge < -0.3 is 10.2 Å². The lowest BCUT2D eigenvalue weighted by Crippen LogP contribution is -2.44. The van der Waals surface area contributed by atoms with E-state index in [0.717, 1.165) is 31.6 Å². The predicted octanol–water partition coefficient (Wildman–Crippen LogP) is 2.73. The SMILES string of the molecule is CC(=O)N1CCC[C@H](Nc2ccc(C)c(C)c2)C1.